The van der Waals surface area contributed by atoms with Gasteiger partial charge in [0.05, 0.1) is 39.2 Å². The maximum Gasteiger partial charge on any atom is 0.229 e. The van der Waals surface area contributed by atoms with Gasteiger partial charge in [-0.1, -0.05) is 29.8 Å². The lowest BCUT2D eigenvalue weighted by atomic mass is 10.2. The molecule has 0 aliphatic heterocycles. The van der Waals surface area contributed by atoms with Gasteiger partial charge in [0.25, 0.3) is 0 Å². The monoisotopic (exact) mass is 411 g/mol. The summed E-state index contributed by atoms with van der Waals surface area (Å²) in [6.07, 6.45) is 3.29. The third-order valence-corrected chi connectivity index (χ3v) is 4.59. The van der Waals surface area contributed by atoms with E-state index in [4.69, 9.17) is 25.8 Å². The van der Waals surface area contributed by atoms with Gasteiger partial charge in [-0.05, 0) is 6.07 Å². The number of benzene rings is 2. The number of hydrogen-bond acceptors (Lipinski definition) is 7. The fourth-order valence-electron chi connectivity index (χ4n) is 2.99. The normalized spacial score (nSPS) is 10.8. The zero-order valence-corrected chi connectivity index (χ0v) is 16.8. The van der Waals surface area contributed by atoms with Gasteiger partial charge in [0.2, 0.25) is 11.7 Å². The van der Waals surface area contributed by atoms with Gasteiger partial charge in [-0.3, -0.25) is 0 Å². The van der Waals surface area contributed by atoms with E-state index in [1.165, 1.54) is 6.20 Å². The molecule has 4 rings (SSSR count). The lowest BCUT2D eigenvalue weighted by Crippen LogP contribution is -2.05. The quantitative estimate of drug-likeness (QED) is 0.508. The molecule has 0 saturated heterocycles. The lowest BCUT2D eigenvalue weighted by Gasteiger charge is -2.15. The van der Waals surface area contributed by atoms with Crippen molar-refractivity contribution in [1.29, 1.82) is 0 Å². The van der Waals surface area contributed by atoms with Crippen LogP contribution in [0.5, 0.6) is 17.2 Å². The maximum atomic E-state index is 6.36. The summed E-state index contributed by atoms with van der Waals surface area (Å²) in [6.45, 7) is 0. The standard InChI is InChI=1S/C20H18ClN5O3/c1-27-16-8-13(9-17(28-2)18(16)29-3)24-20-22-11-14(21)19(25-20)26-15-7-5-4-6-12(15)10-23-26/h4-11H,1-3H3,(H,22,24,25). The van der Waals surface area contributed by atoms with Crippen molar-refractivity contribution in [2.45, 2.75) is 0 Å². The summed E-state index contributed by atoms with van der Waals surface area (Å²) >= 11 is 6.36. The molecule has 4 aromatic rings. The molecule has 2 aromatic carbocycles. The Morgan fingerprint density at radius 2 is 1.69 bits per heavy atom. The minimum Gasteiger partial charge on any atom is -0.493 e. The van der Waals surface area contributed by atoms with Crippen LogP contribution >= 0.6 is 11.6 Å². The first-order valence-corrected chi connectivity index (χ1v) is 9.05. The number of para-hydroxylation sites is 1. The van der Waals surface area contributed by atoms with Crippen LogP contribution in [0.15, 0.2) is 48.8 Å². The van der Waals surface area contributed by atoms with E-state index in [1.54, 1.807) is 44.3 Å². The van der Waals surface area contributed by atoms with Gasteiger partial charge < -0.3 is 19.5 Å². The number of nitrogens with zero attached hydrogens (tertiary/aromatic N) is 4. The summed E-state index contributed by atoms with van der Waals surface area (Å²) in [4.78, 5) is 8.82. The lowest BCUT2D eigenvalue weighted by molar-refractivity contribution is 0.324. The zero-order valence-electron chi connectivity index (χ0n) is 16.0. The van der Waals surface area contributed by atoms with Crippen LogP contribution in [-0.2, 0) is 0 Å². The molecule has 0 unspecified atom stereocenters. The third-order valence-electron chi connectivity index (χ3n) is 4.32. The average molecular weight is 412 g/mol. The molecule has 0 aliphatic carbocycles. The van der Waals surface area contributed by atoms with E-state index in [0.29, 0.717) is 39.7 Å². The van der Waals surface area contributed by atoms with Gasteiger partial charge in [-0.15, -0.1) is 0 Å². The molecular formula is C20H18ClN5O3. The van der Waals surface area contributed by atoms with Crippen molar-refractivity contribution in [3.63, 3.8) is 0 Å². The van der Waals surface area contributed by atoms with Crippen LogP contribution in [0.4, 0.5) is 11.6 Å². The van der Waals surface area contributed by atoms with Crippen LogP contribution in [0.1, 0.15) is 0 Å². The highest BCUT2D eigenvalue weighted by Gasteiger charge is 2.15. The Bertz CT molecular complexity index is 1150. The van der Waals surface area contributed by atoms with Crippen LogP contribution in [0.3, 0.4) is 0 Å². The van der Waals surface area contributed by atoms with Crippen molar-refractivity contribution < 1.29 is 14.2 Å². The first-order chi connectivity index (χ1) is 14.1. The molecule has 148 valence electrons. The first-order valence-electron chi connectivity index (χ1n) is 8.67. The molecule has 0 spiro atoms. The van der Waals surface area contributed by atoms with E-state index >= 15 is 0 Å². The minimum absolute atomic E-state index is 0.346. The Hall–Kier alpha value is -3.52. The smallest absolute Gasteiger partial charge is 0.229 e. The molecule has 0 amide bonds. The minimum atomic E-state index is 0.346. The number of aromatic nitrogens is 4. The number of anilines is 2. The first kappa shape index (κ1) is 18.8. The van der Waals surface area contributed by atoms with Gasteiger partial charge in [0.15, 0.2) is 17.3 Å². The molecule has 0 fully saturated rings. The van der Waals surface area contributed by atoms with E-state index in [2.05, 4.69) is 20.4 Å². The van der Waals surface area contributed by atoms with Gasteiger partial charge in [-0.2, -0.15) is 10.1 Å². The van der Waals surface area contributed by atoms with Crippen molar-refractivity contribution in [2.24, 2.45) is 0 Å². The van der Waals surface area contributed by atoms with Gasteiger partial charge in [0.1, 0.15) is 5.02 Å². The van der Waals surface area contributed by atoms with Crippen molar-refractivity contribution in [3.05, 3.63) is 53.8 Å². The molecule has 0 atom stereocenters. The average Bonchev–Trinajstić information content (AvgIpc) is 3.18. The molecule has 0 aliphatic rings. The SMILES string of the molecule is COc1cc(Nc2ncc(Cl)c(-n3ncc4ccccc43)n2)cc(OC)c1OC. The summed E-state index contributed by atoms with van der Waals surface area (Å²) in [6, 6.07) is 11.3. The number of ether oxygens (including phenoxy) is 3. The zero-order chi connectivity index (χ0) is 20.4. The number of halogens is 1. The van der Waals surface area contributed by atoms with E-state index in [-0.39, 0.29) is 0 Å². The van der Waals surface area contributed by atoms with Crippen molar-refractivity contribution >= 4 is 34.1 Å². The molecule has 8 nitrogen and oxygen atoms in total. The highest BCUT2D eigenvalue weighted by Crippen LogP contribution is 2.40. The van der Waals surface area contributed by atoms with Gasteiger partial charge in [-0.25, -0.2) is 9.67 Å². The predicted molar refractivity (Wildman–Crippen MR) is 111 cm³/mol. The molecule has 0 radical (unpaired) electrons. The number of nitrogens with one attached hydrogen (secondary N) is 1. The molecule has 2 heterocycles. The number of hydrogen-bond donors (Lipinski definition) is 1. The Kier molecular flexibility index (Phi) is 5.09. The summed E-state index contributed by atoms with van der Waals surface area (Å²) in [7, 11) is 4.66. The molecule has 1 N–H and O–H groups in total. The number of fused-ring (bicyclic) bond motifs is 1. The predicted octanol–water partition coefficient (Wildman–Crippen LogP) is 4.24. The van der Waals surface area contributed by atoms with E-state index in [0.717, 1.165) is 10.9 Å². The molecule has 9 heteroatoms. The third kappa shape index (κ3) is 3.50. The van der Waals surface area contributed by atoms with Crippen LogP contribution in [0.2, 0.25) is 5.02 Å². The molecule has 29 heavy (non-hydrogen) atoms. The van der Waals surface area contributed by atoms with Gasteiger partial charge in [0, 0.05) is 23.2 Å². The van der Waals surface area contributed by atoms with Crippen LogP contribution < -0.4 is 19.5 Å². The summed E-state index contributed by atoms with van der Waals surface area (Å²) in [5, 5.41) is 8.93. The van der Waals surface area contributed by atoms with E-state index < -0.39 is 0 Å². The Balaban J connectivity index is 1.74. The second kappa shape index (κ2) is 7.84. The van der Waals surface area contributed by atoms with E-state index in [9.17, 15) is 0 Å². The summed E-state index contributed by atoms with van der Waals surface area (Å²) in [5.41, 5.74) is 1.56. The number of methoxy groups -OCH3 is 3. The molecule has 2 aromatic heterocycles. The van der Waals surface area contributed by atoms with Crippen molar-refractivity contribution in [1.82, 2.24) is 19.7 Å². The summed E-state index contributed by atoms with van der Waals surface area (Å²) < 4.78 is 17.8. The van der Waals surface area contributed by atoms with Crippen LogP contribution in [0, 0.1) is 0 Å². The highest BCUT2D eigenvalue weighted by atomic mass is 35.5. The van der Waals surface area contributed by atoms with Crippen molar-refractivity contribution in [3.8, 4) is 23.1 Å². The Morgan fingerprint density at radius 1 is 0.966 bits per heavy atom. The van der Waals surface area contributed by atoms with E-state index in [1.807, 2.05) is 24.3 Å². The second-order valence-corrected chi connectivity index (χ2v) is 6.43. The maximum absolute atomic E-state index is 6.36. The highest BCUT2D eigenvalue weighted by molar-refractivity contribution is 6.32. The second-order valence-electron chi connectivity index (χ2n) is 6.02. The molecular weight excluding hydrogens is 394 g/mol. The van der Waals surface area contributed by atoms with Crippen LogP contribution in [-0.4, -0.2) is 41.1 Å². The van der Waals surface area contributed by atoms with Crippen molar-refractivity contribution in [2.75, 3.05) is 26.6 Å². The van der Waals surface area contributed by atoms with Gasteiger partial charge >= 0.3 is 0 Å². The fourth-order valence-corrected chi connectivity index (χ4v) is 3.16. The largest absolute Gasteiger partial charge is 0.493 e. The van der Waals surface area contributed by atoms with Crippen LogP contribution in [0.25, 0.3) is 16.7 Å². The topological polar surface area (TPSA) is 83.3 Å². The Morgan fingerprint density at radius 3 is 2.38 bits per heavy atom. The molecule has 0 bridgehead atoms. The number of rotatable bonds is 6. The molecule has 0 saturated carbocycles. The Labute approximate surface area is 172 Å². The summed E-state index contributed by atoms with van der Waals surface area (Å²) in [5.74, 6) is 2.35. The fraction of sp³-hybridized carbons (Fsp3) is 0.150.